The van der Waals surface area contributed by atoms with Gasteiger partial charge in [0.25, 0.3) is 5.91 Å². The molecule has 1 heterocycles. The number of thioether (sulfide) groups is 1. The van der Waals surface area contributed by atoms with Crippen molar-refractivity contribution in [2.75, 3.05) is 11.1 Å². The van der Waals surface area contributed by atoms with Gasteiger partial charge in [0.1, 0.15) is 11.1 Å². The number of carbonyl (C=O) groups excluding carboxylic acids is 2. The Balaban J connectivity index is 1.88. The number of pyridine rings is 1. The van der Waals surface area contributed by atoms with Crippen LogP contribution in [0.25, 0.3) is 0 Å². The number of carbonyl (C=O) groups is 2. The standard InChI is InChI=1S/C24H20ClN3O2S/c1-3-19-20(13-26)24(31-14-21(29)16-9-11-17(25)12-10-16)27-15(2)22(19)23(30)28-18-7-5-4-6-8-18/h4-12H,3,14H2,1-2H3,(H,28,30). The summed E-state index contributed by atoms with van der Waals surface area (Å²) in [7, 11) is 0. The van der Waals surface area contributed by atoms with Crippen LogP contribution in [0.1, 0.15) is 44.5 Å². The molecule has 7 heteroatoms. The van der Waals surface area contributed by atoms with E-state index in [0.717, 1.165) is 0 Å². The molecule has 0 saturated heterocycles. The number of para-hydroxylation sites is 1. The van der Waals surface area contributed by atoms with Crippen LogP contribution < -0.4 is 5.32 Å². The second kappa shape index (κ2) is 10.3. The van der Waals surface area contributed by atoms with E-state index < -0.39 is 0 Å². The number of nitriles is 1. The first kappa shape index (κ1) is 22.5. The van der Waals surface area contributed by atoms with E-state index >= 15 is 0 Å². The highest BCUT2D eigenvalue weighted by atomic mass is 35.5. The Morgan fingerprint density at radius 1 is 1.13 bits per heavy atom. The molecule has 0 aliphatic carbocycles. The molecule has 3 aromatic rings. The maximum atomic E-state index is 12.9. The quantitative estimate of drug-likeness (QED) is 0.369. The molecular weight excluding hydrogens is 430 g/mol. The smallest absolute Gasteiger partial charge is 0.257 e. The third-order valence-corrected chi connectivity index (χ3v) is 5.91. The van der Waals surface area contributed by atoms with Crippen molar-refractivity contribution in [2.45, 2.75) is 25.3 Å². The van der Waals surface area contributed by atoms with Gasteiger partial charge in [-0.3, -0.25) is 9.59 Å². The Kier molecular flexibility index (Phi) is 7.45. The average molecular weight is 450 g/mol. The number of hydrogen-bond acceptors (Lipinski definition) is 5. The minimum absolute atomic E-state index is 0.0889. The molecule has 1 amide bonds. The van der Waals surface area contributed by atoms with Gasteiger partial charge in [-0.15, -0.1) is 0 Å². The molecule has 0 bridgehead atoms. The van der Waals surface area contributed by atoms with Crippen molar-refractivity contribution in [1.29, 1.82) is 5.26 Å². The third-order valence-electron chi connectivity index (χ3n) is 4.68. The lowest BCUT2D eigenvalue weighted by Crippen LogP contribution is -2.18. The molecule has 2 aromatic carbocycles. The number of rotatable bonds is 7. The first-order chi connectivity index (χ1) is 14.9. The summed E-state index contributed by atoms with van der Waals surface area (Å²) in [4.78, 5) is 29.9. The number of amides is 1. The molecule has 0 unspecified atom stereocenters. The summed E-state index contributed by atoms with van der Waals surface area (Å²) >= 11 is 7.07. The molecule has 1 aromatic heterocycles. The molecule has 0 fully saturated rings. The molecule has 0 atom stereocenters. The maximum absolute atomic E-state index is 12.9. The highest BCUT2D eigenvalue weighted by molar-refractivity contribution is 8.00. The number of ketones is 1. The summed E-state index contributed by atoms with van der Waals surface area (Å²) in [6, 6.07) is 18.0. The molecule has 31 heavy (non-hydrogen) atoms. The molecule has 0 spiro atoms. The van der Waals surface area contributed by atoms with Crippen LogP contribution in [0.4, 0.5) is 5.69 Å². The summed E-state index contributed by atoms with van der Waals surface area (Å²) in [6.45, 7) is 3.63. The van der Waals surface area contributed by atoms with E-state index in [0.29, 0.717) is 50.1 Å². The number of aryl methyl sites for hydroxylation is 1. The molecule has 0 radical (unpaired) electrons. The van der Waals surface area contributed by atoms with Crippen molar-refractivity contribution < 1.29 is 9.59 Å². The molecule has 5 nitrogen and oxygen atoms in total. The minimum atomic E-state index is -0.307. The lowest BCUT2D eigenvalue weighted by molar-refractivity contribution is 0.101. The van der Waals surface area contributed by atoms with Gasteiger partial charge in [-0.2, -0.15) is 5.26 Å². The summed E-state index contributed by atoms with van der Waals surface area (Å²) in [5.41, 5.74) is 3.09. The zero-order valence-electron chi connectivity index (χ0n) is 17.1. The number of hydrogen-bond donors (Lipinski definition) is 1. The Bertz CT molecular complexity index is 1160. The van der Waals surface area contributed by atoms with Crippen molar-refractivity contribution in [3.05, 3.63) is 87.6 Å². The zero-order chi connectivity index (χ0) is 22.4. The van der Waals surface area contributed by atoms with Gasteiger partial charge in [0, 0.05) is 16.3 Å². The highest BCUT2D eigenvalue weighted by Crippen LogP contribution is 2.29. The molecule has 3 rings (SSSR count). The van der Waals surface area contributed by atoms with Crippen molar-refractivity contribution >= 4 is 40.7 Å². The van der Waals surface area contributed by atoms with Crippen LogP contribution in [-0.4, -0.2) is 22.4 Å². The number of nitrogens with zero attached hydrogens (tertiary/aromatic N) is 2. The van der Waals surface area contributed by atoms with E-state index in [9.17, 15) is 14.9 Å². The van der Waals surface area contributed by atoms with Gasteiger partial charge in [0.15, 0.2) is 5.78 Å². The monoisotopic (exact) mass is 449 g/mol. The van der Waals surface area contributed by atoms with Crippen LogP contribution in [0, 0.1) is 18.3 Å². The van der Waals surface area contributed by atoms with E-state index in [2.05, 4.69) is 16.4 Å². The number of benzene rings is 2. The van der Waals surface area contributed by atoms with E-state index in [1.54, 1.807) is 43.3 Å². The van der Waals surface area contributed by atoms with Crippen LogP contribution in [0.3, 0.4) is 0 Å². The first-order valence-electron chi connectivity index (χ1n) is 9.66. The second-order valence-electron chi connectivity index (χ2n) is 6.74. The number of halogens is 1. The second-order valence-corrected chi connectivity index (χ2v) is 8.14. The van der Waals surface area contributed by atoms with Crippen molar-refractivity contribution in [3.8, 4) is 6.07 Å². The predicted molar refractivity (Wildman–Crippen MR) is 124 cm³/mol. The van der Waals surface area contributed by atoms with Gasteiger partial charge in [0.2, 0.25) is 0 Å². The van der Waals surface area contributed by atoms with E-state index in [-0.39, 0.29) is 17.4 Å². The van der Waals surface area contributed by atoms with Crippen molar-refractivity contribution in [2.24, 2.45) is 0 Å². The maximum Gasteiger partial charge on any atom is 0.257 e. The van der Waals surface area contributed by atoms with E-state index in [4.69, 9.17) is 11.6 Å². The molecular formula is C24H20ClN3O2S. The minimum Gasteiger partial charge on any atom is -0.322 e. The SMILES string of the molecule is CCc1c(C#N)c(SCC(=O)c2ccc(Cl)cc2)nc(C)c1C(=O)Nc1ccccc1. The Labute approximate surface area is 190 Å². The van der Waals surface area contributed by atoms with E-state index in [1.807, 2.05) is 25.1 Å². The average Bonchev–Trinajstić information content (AvgIpc) is 2.77. The first-order valence-corrected chi connectivity index (χ1v) is 11.0. The van der Waals surface area contributed by atoms with Crippen molar-refractivity contribution in [3.63, 3.8) is 0 Å². The summed E-state index contributed by atoms with van der Waals surface area (Å²) in [5.74, 6) is -0.270. The number of nitrogens with one attached hydrogen (secondary N) is 1. The van der Waals surface area contributed by atoms with Crippen LogP contribution in [0.15, 0.2) is 59.6 Å². The number of Topliss-reactive ketones (excluding diaryl/α,β-unsaturated/α-hetero) is 1. The number of anilines is 1. The van der Waals surface area contributed by atoms with Crippen molar-refractivity contribution in [1.82, 2.24) is 4.98 Å². The fourth-order valence-corrected chi connectivity index (χ4v) is 4.25. The predicted octanol–water partition coefficient (Wildman–Crippen LogP) is 5.70. The van der Waals surface area contributed by atoms with Crippen LogP contribution in [0.2, 0.25) is 5.02 Å². The lowest BCUT2D eigenvalue weighted by Gasteiger charge is -2.15. The van der Waals surface area contributed by atoms with Gasteiger partial charge in [0.05, 0.1) is 22.6 Å². The number of aromatic nitrogens is 1. The Morgan fingerprint density at radius 2 is 1.81 bits per heavy atom. The molecule has 0 aliphatic heterocycles. The van der Waals surface area contributed by atoms with Crippen LogP contribution in [0.5, 0.6) is 0 Å². The fraction of sp³-hybridized carbons (Fsp3) is 0.167. The summed E-state index contributed by atoms with van der Waals surface area (Å²) in [6.07, 6.45) is 0.489. The third kappa shape index (κ3) is 5.32. The normalized spacial score (nSPS) is 10.4. The van der Waals surface area contributed by atoms with Gasteiger partial charge in [-0.1, -0.05) is 48.5 Å². The van der Waals surface area contributed by atoms with Gasteiger partial charge >= 0.3 is 0 Å². The topological polar surface area (TPSA) is 82.8 Å². The molecule has 156 valence electrons. The summed E-state index contributed by atoms with van der Waals surface area (Å²) in [5, 5.41) is 13.7. The molecule has 1 N–H and O–H groups in total. The van der Waals surface area contributed by atoms with Crippen LogP contribution in [-0.2, 0) is 6.42 Å². The fourth-order valence-electron chi connectivity index (χ4n) is 3.18. The largest absolute Gasteiger partial charge is 0.322 e. The van der Waals surface area contributed by atoms with Gasteiger partial charge in [-0.05, 0) is 55.3 Å². The van der Waals surface area contributed by atoms with Gasteiger partial charge < -0.3 is 5.32 Å². The lowest BCUT2D eigenvalue weighted by atomic mass is 9.99. The molecule has 0 saturated carbocycles. The van der Waals surface area contributed by atoms with Crippen LogP contribution >= 0.6 is 23.4 Å². The van der Waals surface area contributed by atoms with Gasteiger partial charge in [-0.25, -0.2) is 4.98 Å². The summed E-state index contributed by atoms with van der Waals surface area (Å²) < 4.78 is 0. The Morgan fingerprint density at radius 3 is 2.42 bits per heavy atom. The highest BCUT2D eigenvalue weighted by Gasteiger charge is 2.22. The van der Waals surface area contributed by atoms with E-state index in [1.165, 1.54) is 11.8 Å². The molecule has 0 aliphatic rings. The zero-order valence-corrected chi connectivity index (χ0v) is 18.7. The Hall–Kier alpha value is -3.14.